The molecule has 78 valence electrons. The van der Waals surface area contributed by atoms with Crippen molar-refractivity contribution in [3.05, 3.63) is 35.8 Å². The summed E-state index contributed by atoms with van der Waals surface area (Å²) in [5.41, 5.74) is 1.25. The molecule has 1 heterocycles. The second kappa shape index (κ2) is 5.01. The fraction of sp³-hybridized carbons (Fsp3) is 0.500. The average Bonchev–Trinajstić information content (AvgIpc) is 2.60. The van der Waals surface area contributed by atoms with E-state index in [1.54, 1.807) is 0 Å². The van der Waals surface area contributed by atoms with Crippen molar-refractivity contribution in [3.8, 4) is 0 Å². The van der Waals surface area contributed by atoms with Crippen LogP contribution in [0, 0.1) is 6.92 Å². The maximum Gasteiger partial charge on any atom is 0.121 e. The molecule has 1 atom stereocenters. The molecule has 0 aromatic carbocycles. The van der Waals surface area contributed by atoms with Gasteiger partial charge in [-0.3, -0.25) is 0 Å². The van der Waals surface area contributed by atoms with E-state index in [1.165, 1.54) is 5.57 Å². The Balaban J connectivity index is 2.67. The van der Waals surface area contributed by atoms with Crippen LogP contribution in [0.3, 0.4) is 0 Å². The minimum absolute atomic E-state index is 0.260. The Morgan fingerprint density at radius 3 is 2.71 bits per heavy atom. The molecule has 0 aliphatic rings. The Labute approximate surface area is 86.0 Å². The molecule has 2 heteroatoms. The highest BCUT2D eigenvalue weighted by Crippen LogP contribution is 2.23. The molecule has 0 saturated heterocycles. The summed E-state index contributed by atoms with van der Waals surface area (Å²) in [5.74, 6) is 1.96. The standard InChI is InChI=1S/C12H19NO/c1-5-9(2)8-11(13-4)12-7-6-10(3)14-12/h6-7,11,13H,2,5,8H2,1,3-4H3. The van der Waals surface area contributed by atoms with Crippen LogP contribution in [0.5, 0.6) is 0 Å². The summed E-state index contributed by atoms with van der Waals surface area (Å²) in [6.45, 7) is 8.10. The SMILES string of the molecule is C=C(CC)CC(NC)c1ccc(C)o1. The van der Waals surface area contributed by atoms with E-state index in [9.17, 15) is 0 Å². The third-order valence-electron chi connectivity index (χ3n) is 2.45. The summed E-state index contributed by atoms with van der Waals surface area (Å²) in [5, 5.41) is 3.24. The lowest BCUT2D eigenvalue weighted by molar-refractivity contribution is 0.413. The summed E-state index contributed by atoms with van der Waals surface area (Å²) < 4.78 is 5.58. The molecule has 0 fully saturated rings. The summed E-state index contributed by atoms with van der Waals surface area (Å²) in [4.78, 5) is 0. The second-order valence-electron chi connectivity index (χ2n) is 3.60. The molecule has 0 saturated carbocycles. The van der Waals surface area contributed by atoms with E-state index in [0.29, 0.717) is 0 Å². The molecular weight excluding hydrogens is 174 g/mol. The predicted octanol–water partition coefficient (Wildman–Crippen LogP) is 3.20. The molecule has 1 aromatic rings. The van der Waals surface area contributed by atoms with E-state index in [4.69, 9.17) is 4.42 Å². The van der Waals surface area contributed by atoms with Gasteiger partial charge in [0, 0.05) is 0 Å². The third-order valence-corrected chi connectivity index (χ3v) is 2.45. The van der Waals surface area contributed by atoms with E-state index < -0.39 is 0 Å². The Morgan fingerprint density at radius 2 is 2.29 bits per heavy atom. The number of hydrogen-bond donors (Lipinski definition) is 1. The minimum Gasteiger partial charge on any atom is -0.465 e. The number of nitrogens with one attached hydrogen (secondary N) is 1. The molecule has 1 rings (SSSR count). The number of furan rings is 1. The first-order valence-electron chi connectivity index (χ1n) is 5.07. The lowest BCUT2D eigenvalue weighted by atomic mass is 10.0. The van der Waals surface area contributed by atoms with Crippen molar-refractivity contribution in [1.82, 2.24) is 5.32 Å². The van der Waals surface area contributed by atoms with Gasteiger partial charge in [-0.2, -0.15) is 0 Å². The fourth-order valence-corrected chi connectivity index (χ4v) is 1.42. The highest BCUT2D eigenvalue weighted by Gasteiger charge is 2.13. The Kier molecular flexibility index (Phi) is 3.96. The van der Waals surface area contributed by atoms with Gasteiger partial charge < -0.3 is 9.73 Å². The first-order chi connectivity index (χ1) is 6.67. The summed E-state index contributed by atoms with van der Waals surface area (Å²) in [6, 6.07) is 4.28. The van der Waals surface area contributed by atoms with Gasteiger partial charge >= 0.3 is 0 Å². The number of aryl methyl sites for hydroxylation is 1. The number of hydrogen-bond acceptors (Lipinski definition) is 2. The van der Waals surface area contributed by atoms with E-state index in [-0.39, 0.29) is 6.04 Å². The number of rotatable bonds is 5. The van der Waals surface area contributed by atoms with Crippen LogP contribution < -0.4 is 5.32 Å². The Bertz CT molecular complexity index is 301. The normalized spacial score (nSPS) is 12.8. The maximum absolute atomic E-state index is 5.58. The van der Waals surface area contributed by atoms with E-state index in [1.807, 2.05) is 26.1 Å². The van der Waals surface area contributed by atoms with Crippen LogP contribution in [0.25, 0.3) is 0 Å². The van der Waals surface area contributed by atoms with Crippen molar-refractivity contribution in [2.75, 3.05) is 7.05 Å². The van der Waals surface area contributed by atoms with E-state index in [0.717, 1.165) is 24.4 Å². The van der Waals surface area contributed by atoms with Crippen molar-refractivity contribution in [3.63, 3.8) is 0 Å². The molecule has 0 bridgehead atoms. The van der Waals surface area contributed by atoms with Crippen LogP contribution in [-0.4, -0.2) is 7.05 Å². The topological polar surface area (TPSA) is 25.2 Å². The zero-order valence-corrected chi connectivity index (χ0v) is 9.26. The van der Waals surface area contributed by atoms with Crippen molar-refractivity contribution in [2.45, 2.75) is 32.7 Å². The third kappa shape index (κ3) is 2.74. The van der Waals surface area contributed by atoms with Gasteiger partial charge in [0.05, 0.1) is 6.04 Å². The van der Waals surface area contributed by atoms with Gasteiger partial charge in [0.2, 0.25) is 0 Å². The molecular formula is C12H19NO. The smallest absolute Gasteiger partial charge is 0.121 e. The molecule has 0 amide bonds. The van der Waals surface area contributed by atoms with Gasteiger partial charge in [0.15, 0.2) is 0 Å². The van der Waals surface area contributed by atoms with Crippen LogP contribution in [0.1, 0.15) is 37.3 Å². The summed E-state index contributed by atoms with van der Waals surface area (Å²) >= 11 is 0. The van der Waals surface area contributed by atoms with Crippen LogP contribution in [-0.2, 0) is 0 Å². The molecule has 0 aliphatic carbocycles. The Morgan fingerprint density at radius 1 is 1.57 bits per heavy atom. The molecule has 0 aliphatic heterocycles. The van der Waals surface area contributed by atoms with E-state index in [2.05, 4.69) is 18.8 Å². The largest absolute Gasteiger partial charge is 0.465 e. The van der Waals surface area contributed by atoms with Gasteiger partial charge in [0.1, 0.15) is 11.5 Å². The minimum atomic E-state index is 0.260. The van der Waals surface area contributed by atoms with Crippen molar-refractivity contribution in [2.24, 2.45) is 0 Å². The highest BCUT2D eigenvalue weighted by molar-refractivity contribution is 5.12. The van der Waals surface area contributed by atoms with Gasteiger partial charge in [0.25, 0.3) is 0 Å². The van der Waals surface area contributed by atoms with Gasteiger partial charge in [-0.1, -0.05) is 19.1 Å². The molecule has 14 heavy (non-hydrogen) atoms. The first kappa shape index (κ1) is 11.1. The van der Waals surface area contributed by atoms with E-state index >= 15 is 0 Å². The monoisotopic (exact) mass is 193 g/mol. The molecule has 0 spiro atoms. The quantitative estimate of drug-likeness (QED) is 0.726. The first-order valence-corrected chi connectivity index (χ1v) is 5.07. The summed E-state index contributed by atoms with van der Waals surface area (Å²) in [6.07, 6.45) is 1.97. The van der Waals surface area contributed by atoms with Crippen LogP contribution in [0.2, 0.25) is 0 Å². The van der Waals surface area contributed by atoms with Crippen molar-refractivity contribution in [1.29, 1.82) is 0 Å². The molecule has 1 aromatic heterocycles. The molecule has 0 radical (unpaired) electrons. The van der Waals surface area contributed by atoms with Gasteiger partial charge in [-0.25, -0.2) is 0 Å². The lowest BCUT2D eigenvalue weighted by Crippen LogP contribution is -2.16. The van der Waals surface area contributed by atoms with Gasteiger partial charge in [-0.05, 0) is 38.9 Å². The maximum atomic E-state index is 5.58. The second-order valence-corrected chi connectivity index (χ2v) is 3.60. The fourth-order valence-electron chi connectivity index (χ4n) is 1.42. The van der Waals surface area contributed by atoms with Crippen molar-refractivity contribution < 1.29 is 4.42 Å². The van der Waals surface area contributed by atoms with Crippen LogP contribution >= 0.6 is 0 Å². The zero-order chi connectivity index (χ0) is 10.6. The van der Waals surface area contributed by atoms with Crippen LogP contribution in [0.4, 0.5) is 0 Å². The lowest BCUT2D eigenvalue weighted by Gasteiger charge is -2.14. The van der Waals surface area contributed by atoms with Crippen LogP contribution in [0.15, 0.2) is 28.7 Å². The highest BCUT2D eigenvalue weighted by atomic mass is 16.3. The summed E-state index contributed by atoms with van der Waals surface area (Å²) in [7, 11) is 1.95. The molecule has 1 N–H and O–H groups in total. The zero-order valence-electron chi connectivity index (χ0n) is 9.26. The predicted molar refractivity (Wildman–Crippen MR) is 59.3 cm³/mol. The Hall–Kier alpha value is -1.02. The molecule has 1 unspecified atom stereocenters. The molecule has 2 nitrogen and oxygen atoms in total. The van der Waals surface area contributed by atoms with Gasteiger partial charge in [-0.15, -0.1) is 0 Å². The van der Waals surface area contributed by atoms with Crippen molar-refractivity contribution >= 4 is 0 Å². The average molecular weight is 193 g/mol.